The van der Waals surface area contributed by atoms with Crippen LogP contribution < -0.4 is 10.9 Å². The minimum Gasteiger partial charge on any atom is -0.456 e. The van der Waals surface area contributed by atoms with E-state index in [4.69, 9.17) is 4.74 Å². The molecule has 0 amide bonds. The molecule has 2 aromatic carbocycles. The number of Topliss-reactive ketones (excluding diaryl/α,β-unsaturated/α-hetero) is 1. The summed E-state index contributed by atoms with van der Waals surface area (Å²) in [5.41, 5.74) is 0.440. The molecule has 0 atom stereocenters. The van der Waals surface area contributed by atoms with E-state index in [0.29, 0.717) is 5.69 Å². The Kier molecular flexibility index (Phi) is 6.26. The first kappa shape index (κ1) is 21.9. The molecule has 0 spiro atoms. The lowest BCUT2D eigenvalue weighted by Crippen LogP contribution is -2.31. The Balaban J connectivity index is 1.80. The summed E-state index contributed by atoms with van der Waals surface area (Å²) >= 11 is 0. The first-order valence-electron chi connectivity index (χ1n) is 10.5. The molecule has 0 radical (unpaired) electrons. The summed E-state index contributed by atoms with van der Waals surface area (Å²) in [6.45, 7) is 3.23. The molecule has 4 aromatic rings. The molecular weight excluding hydrogens is 420 g/mol. The Morgan fingerprint density at radius 2 is 1.76 bits per heavy atom. The number of anilines is 2. The second-order valence-electron chi connectivity index (χ2n) is 7.37. The van der Waals surface area contributed by atoms with Crippen molar-refractivity contribution in [1.82, 2.24) is 14.8 Å². The molecule has 0 aliphatic carbocycles. The van der Waals surface area contributed by atoms with Crippen LogP contribution >= 0.6 is 0 Å². The second kappa shape index (κ2) is 9.44. The van der Waals surface area contributed by atoms with E-state index in [2.05, 4.69) is 15.4 Å². The van der Waals surface area contributed by atoms with Gasteiger partial charge in [-0.05, 0) is 19.4 Å². The van der Waals surface area contributed by atoms with Crippen LogP contribution in [-0.4, -0.2) is 26.5 Å². The Labute approximate surface area is 189 Å². The van der Waals surface area contributed by atoms with E-state index in [0.717, 1.165) is 21.0 Å². The molecular formula is C25H22N4O4. The molecule has 8 heteroatoms. The summed E-state index contributed by atoms with van der Waals surface area (Å²) in [6, 6.07) is 16.7. The average Bonchev–Trinajstić information content (AvgIpc) is 2.84. The zero-order chi connectivity index (χ0) is 23.4. The van der Waals surface area contributed by atoms with E-state index in [-0.39, 0.29) is 30.1 Å². The normalized spacial score (nSPS) is 10.7. The molecule has 8 nitrogen and oxygen atoms in total. The molecule has 33 heavy (non-hydrogen) atoms. The SMILES string of the molecule is CCn1nc(C(=O)OCc2ccccc2)c(C(C)=O)c(Nc2cncc3ccccc23)c1=O. The highest BCUT2D eigenvalue weighted by molar-refractivity contribution is 6.09. The predicted molar refractivity (Wildman–Crippen MR) is 125 cm³/mol. The topological polar surface area (TPSA) is 103 Å². The number of hydrogen-bond donors (Lipinski definition) is 1. The minimum atomic E-state index is -0.787. The summed E-state index contributed by atoms with van der Waals surface area (Å²) in [5.74, 6) is -1.27. The lowest BCUT2D eigenvalue weighted by atomic mass is 10.1. The van der Waals surface area contributed by atoms with E-state index < -0.39 is 17.3 Å². The van der Waals surface area contributed by atoms with E-state index in [9.17, 15) is 14.4 Å². The van der Waals surface area contributed by atoms with Gasteiger partial charge in [-0.2, -0.15) is 5.10 Å². The molecule has 0 bridgehead atoms. The van der Waals surface area contributed by atoms with Gasteiger partial charge in [0.25, 0.3) is 5.56 Å². The second-order valence-corrected chi connectivity index (χ2v) is 7.37. The maximum atomic E-state index is 13.1. The monoisotopic (exact) mass is 442 g/mol. The van der Waals surface area contributed by atoms with Gasteiger partial charge in [0, 0.05) is 23.5 Å². The Bertz CT molecular complexity index is 1390. The first-order chi connectivity index (χ1) is 16.0. The molecule has 2 heterocycles. The van der Waals surface area contributed by atoms with Crippen LogP contribution in [0.1, 0.15) is 40.3 Å². The van der Waals surface area contributed by atoms with Gasteiger partial charge in [-0.15, -0.1) is 0 Å². The lowest BCUT2D eigenvalue weighted by molar-refractivity contribution is 0.0459. The van der Waals surface area contributed by atoms with Crippen LogP contribution in [0.25, 0.3) is 10.8 Å². The third-order valence-corrected chi connectivity index (χ3v) is 5.14. The van der Waals surface area contributed by atoms with Gasteiger partial charge >= 0.3 is 5.97 Å². The fraction of sp³-hybridized carbons (Fsp3) is 0.160. The zero-order valence-electron chi connectivity index (χ0n) is 18.2. The van der Waals surface area contributed by atoms with Crippen LogP contribution in [0.2, 0.25) is 0 Å². The van der Waals surface area contributed by atoms with Crippen molar-refractivity contribution in [2.45, 2.75) is 27.0 Å². The van der Waals surface area contributed by atoms with Crippen molar-refractivity contribution in [3.05, 3.63) is 94.2 Å². The van der Waals surface area contributed by atoms with Crippen molar-refractivity contribution in [2.75, 3.05) is 5.32 Å². The number of ketones is 1. The van der Waals surface area contributed by atoms with Crippen molar-refractivity contribution in [2.24, 2.45) is 0 Å². The van der Waals surface area contributed by atoms with Gasteiger partial charge in [0.2, 0.25) is 0 Å². The zero-order valence-corrected chi connectivity index (χ0v) is 18.2. The van der Waals surface area contributed by atoms with E-state index in [1.54, 1.807) is 19.3 Å². The number of aromatic nitrogens is 3. The van der Waals surface area contributed by atoms with E-state index in [1.807, 2.05) is 54.6 Å². The largest absolute Gasteiger partial charge is 0.456 e. The summed E-state index contributed by atoms with van der Waals surface area (Å²) in [7, 11) is 0. The Morgan fingerprint density at radius 1 is 1.03 bits per heavy atom. The molecule has 0 aliphatic heterocycles. The van der Waals surface area contributed by atoms with Crippen molar-refractivity contribution >= 4 is 33.9 Å². The Hall–Kier alpha value is -4.33. The van der Waals surface area contributed by atoms with Gasteiger partial charge in [-0.25, -0.2) is 9.48 Å². The Morgan fingerprint density at radius 3 is 2.48 bits per heavy atom. The first-order valence-corrected chi connectivity index (χ1v) is 10.5. The molecule has 4 rings (SSSR count). The molecule has 0 saturated heterocycles. The molecule has 2 aromatic heterocycles. The van der Waals surface area contributed by atoms with E-state index in [1.165, 1.54) is 6.92 Å². The molecule has 0 aliphatic rings. The fourth-order valence-corrected chi connectivity index (χ4v) is 3.53. The molecule has 0 fully saturated rings. The predicted octanol–water partition coefficient (Wildman–Crippen LogP) is 4.11. The highest BCUT2D eigenvalue weighted by Crippen LogP contribution is 2.27. The molecule has 0 saturated carbocycles. The van der Waals surface area contributed by atoms with Crippen LogP contribution in [0, 0.1) is 0 Å². The van der Waals surface area contributed by atoms with Gasteiger partial charge in [-0.3, -0.25) is 14.6 Å². The number of esters is 1. The smallest absolute Gasteiger partial charge is 0.359 e. The lowest BCUT2D eigenvalue weighted by Gasteiger charge is -2.16. The number of carbonyl (C=O) groups excluding carboxylic acids is 2. The van der Waals surface area contributed by atoms with Crippen LogP contribution in [0.5, 0.6) is 0 Å². The minimum absolute atomic E-state index is 0.0138. The van der Waals surface area contributed by atoms with Crippen LogP contribution in [0.3, 0.4) is 0 Å². The number of nitrogens with one attached hydrogen (secondary N) is 1. The number of aryl methyl sites for hydroxylation is 1. The summed E-state index contributed by atoms with van der Waals surface area (Å²) in [4.78, 5) is 42.9. The fourth-order valence-electron chi connectivity index (χ4n) is 3.53. The summed E-state index contributed by atoms with van der Waals surface area (Å²) in [6.07, 6.45) is 3.27. The van der Waals surface area contributed by atoms with Crippen molar-refractivity contribution < 1.29 is 14.3 Å². The molecule has 1 N–H and O–H groups in total. The number of fused-ring (bicyclic) bond motifs is 1. The maximum Gasteiger partial charge on any atom is 0.359 e. The van der Waals surface area contributed by atoms with Gasteiger partial charge in [0.1, 0.15) is 12.3 Å². The van der Waals surface area contributed by atoms with Crippen LogP contribution in [0.15, 0.2) is 71.8 Å². The number of nitrogens with zero attached hydrogens (tertiary/aromatic N) is 3. The molecule has 166 valence electrons. The summed E-state index contributed by atoms with van der Waals surface area (Å²) < 4.78 is 6.54. The van der Waals surface area contributed by atoms with Crippen molar-refractivity contribution in [3.8, 4) is 0 Å². The number of pyridine rings is 1. The number of ether oxygens (including phenoxy) is 1. The standard InChI is InChI=1S/C25H22N4O4/c1-3-29-24(31)22(27-20-14-26-13-18-11-7-8-12-19(18)20)21(16(2)30)23(28-29)25(32)33-15-17-9-5-4-6-10-17/h4-14,27H,3,15H2,1-2H3. The third kappa shape index (κ3) is 4.50. The number of hydrogen-bond acceptors (Lipinski definition) is 7. The summed E-state index contributed by atoms with van der Waals surface area (Å²) in [5, 5.41) is 8.86. The van der Waals surface area contributed by atoms with Crippen LogP contribution in [0.4, 0.5) is 11.4 Å². The molecule has 0 unspecified atom stereocenters. The quantitative estimate of drug-likeness (QED) is 0.339. The van der Waals surface area contributed by atoms with Gasteiger partial charge < -0.3 is 10.1 Å². The highest BCUT2D eigenvalue weighted by atomic mass is 16.5. The van der Waals surface area contributed by atoms with Crippen molar-refractivity contribution in [1.29, 1.82) is 0 Å². The third-order valence-electron chi connectivity index (χ3n) is 5.14. The maximum absolute atomic E-state index is 13.1. The van der Waals surface area contributed by atoms with Gasteiger partial charge in [0.15, 0.2) is 11.5 Å². The number of rotatable bonds is 7. The van der Waals surface area contributed by atoms with E-state index >= 15 is 0 Å². The van der Waals surface area contributed by atoms with Gasteiger partial charge in [-0.1, -0.05) is 54.6 Å². The number of benzene rings is 2. The number of carbonyl (C=O) groups is 2. The highest BCUT2D eigenvalue weighted by Gasteiger charge is 2.26. The van der Waals surface area contributed by atoms with Crippen molar-refractivity contribution in [3.63, 3.8) is 0 Å². The van der Waals surface area contributed by atoms with Crippen LogP contribution in [-0.2, 0) is 17.9 Å². The van der Waals surface area contributed by atoms with Gasteiger partial charge in [0.05, 0.1) is 17.4 Å². The average molecular weight is 442 g/mol.